The van der Waals surface area contributed by atoms with Crippen molar-refractivity contribution < 1.29 is 14.6 Å². The van der Waals surface area contributed by atoms with Crippen molar-refractivity contribution in [1.82, 2.24) is 0 Å². The first-order chi connectivity index (χ1) is 14.1. The number of nitrogens with two attached hydrogens (primary N) is 1. The largest absolute Gasteiger partial charge is 0.460 e. The molecule has 1 aromatic carbocycles. The quantitative estimate of drug-likeness (QED) is 0.196. The van der Waals surface area contributed by atoms with Gasteiger partial charge in [0.25, 0.3) is 0 Å². The van der Waals surface area contributed by atoms with Gasteiger partial charge in [0.2, 0.25) is 0 Å². The van der Waals surface area contributed by atoms with Gasteiger partial charge in [-0.2, -0.15) is 0 Å². The molecule has 0 saturated carbocycles. The van der Waals surface area contributed by atoms with Crippen LogP contribution in [0.3, 0.4) is 0 Å². The predicted molar refractivity (Wildman–Crippen MR) is 121 cm³/mol. The van der Waals surface area contributed by atoms with E-state index in [1.54, 1.807) is 30.3 Å². The molecule has 0 aliphatic rings. The van der Waals surface area contributed by atoms with E-state index in [0.29, 0.717) is 5.56 Å². The maximum absolute atomic E-state index is 11.9. The van der Waals surface area contributed by atoms with Crippen LogP contribution < -0.4 is 5.73 Å². The molecule has 0 aliphatic heterocycles. The molecule has 29 heavy (non-hydrogen) atoms. The Bertz CT molecular complexity index is 544. The molecule has 1 aromatic rings. The van der Waals surface area contributed by atoms with E-state index in [2.05, 4.69) is 6.92 Å². The summed E-state index contributed by atoms with van der Waals surface area (Å²) in [6.45, 7) is 2.26. The van der Waals surface area contributed by atoms with E-state index < -0.39 is 18.1 Å². The van der Waals surface area contributed by atoms with E-state index in [9.17, 15) is 9.90 Å². The number of rotatable bonds is 17. The van der Waals surface area contributed by atoms with E-state index in [1.807, 2.05) is 12.1 Å². The van der Waals surface area contributed by atoms with E-state index in [4.69, 9.17) is 10.5 Å². The van der Waals surface area contributed by atoms with Gasteiger partial charge in [0, 0.05) is 0 Å². The standard InChI is InChI=1S/C25H41NO3/c1-2-3-4-5-6-7-8-9-10-11-12-13-17-20-24(27)23(26)21-29-25(28)22-18-15-14-16-19-22/h14-20,23-24,27H,2-13,21,26H2,1H3/b20-17+/t23-,24+/m0/s1. The number of allylic oxidation sites excluding steroid dienone is 1. The lowest BCUT2D eigenvalue weighted by atomic mass is 10.0. The summed E-state index contributed by atoms with van der Waals surface area (Å²) >= 11 is 0. The van der Waals surface area contributed by atoms with Crippen LogP contribution in [0.2, 0.25) is 0 Å². The number of aliphatic hydroxyl groups excluding tert-OH is 1. The third-order valence-electron chi connectivity index (χ3n) is 5.16. The Kier molecular flexibility index (Phi) is 15.1. The molecule has 0 aliphatic carbocycles. The SMILES string of the molecule is CCCCCCCCCCCCC/C=C/[C@@H](O)[C@@H](N)COC(=O)c1ccccc1. The van der Waals surface area contributed by atoms with Crippen LogP contribution in [0.4, 0.5) is 0 Å². The highest BCUT2D eigenvalue weighted by molar-refractivity contribution is 5.89. The molecule has 4 heteroatoms. The van der Waals surface area contributed by atoms with Gasteiger partial charge >= 0.3 is 5.97 Å². The summed E-state index contributed by atoms with van der Waals surface area (Å²) in [5.74, 6) is -0.418. The van der Waals surface area contributed by atoms with E-state index in [-0.39, 0.29) is 6.61 Å². The fourth-order valence-electron chi connectivity index (χ4n) is 3.23. The highest BCUT2D eigenvalue weighted by atomic mass is 16.5. The molecule has 0 unspecified atom stereocenters. The number of hydrogen-bond donors (Lipinski definition) is 2. The first-order valence-corrected chi connectivity index (χ1v) is 11.5. The van der Waals surface area contributed by atoms with Crippen LogP contribution in [0.5, 0.6) is 0 Å². The summed E-state index contributed by atoms with van der Waals surface area (Å²) in [7, 11) is 0. The number of aliphatic hydroxyl groups is 1. The predicted octanol–water partition coefficient (Wildman–Crippen LogP) is 5.79. The van der Waals surface area contributed by atoms with Gasteiger partial charge in [-0.25, -0.2) is 4.79 Å². The van der Waals surface area contributed by atoms with Crippen molar-refractivity contribution in [2.24, 2.45) is 5.73 Å². The Morgan fingerprint density at radius 3 is 2.10 bits per heavy atom. The number of carbonyl (C=O) groups excluding carboxylic acids is 1. The van der Waals surface area contributed by atoms with Crippen molar-refractivity contribution in [1.29, 1.82) is 0 Å². The Labute approximate surface area is 177 Å². The molecule has 3 N–H and O–H groups in total. The molecule has 0 saturated heterocycles. The Morgan fingerprint density at radius 1 is 0.966 bits per heavy atom. The second kappa shape index (κ2) is 17.2. The second-order valence-corrected chi connectivity index (χ2v) is 7.87. The highest BCUT2D eigenvalue weighted by Crippen LogP contribution is 2.12. The minimum atomic E-state index is -0.800. The molecule has 0 radical (unpaired) electrons. The van der Waals surface area contributed by atoms with Gasteiger partial charge in [0.1, 0.15) is 6.61 Å². The molecular formula is C25H41NO3. The van der Waals surface area contributed by atoms with Crippen LogP contribution in [-0.4, -0.2) is 29.8 Å². The normalized spacial score (nSPS) is 13.5. The minimum absolute atomic E-state index is 0.00230. The first kappa shape index (κ1) is 25.4. The molecule has 0 heterocycles. The van der Waals surface area contributed by atoms with Gasteiger partial charge in [-0.15, -0.1) is 0 Å². The molecule has 2 atom stereocenters. The zero-order chi connectivity index (χ0) is 21.2. The molecule has 0 spiro atoms. The average Bonchev–Trinajstić information content (AvgIpc) is 2.75. The monoisotopic (exact) mass is 403 g/mol. The van der Waals surface area contributed by atoms with Gasteiger partial charge < -0.3 is 15.6 Å². The maximum atomic E-state index is 11.9. The second-order valence-electron chi connectivity index (χ2n) is 7.87. The Hall–Kier alpha value is -1.65. The van der Waals surface area contributed by atoms with Crippen molar-refractivity contribution in [2.45, 2.75) is 96.1 Å². The minimum Gasteiger partial charge on any atom is -0.460 e. The number of unbranched alkanes of at least 4 members (excludes halogenated alkanes) is 11. The molecule has 0 amide bonds. The van der Waals surface area contributed by atoms with Crippen molar-refractivity contribution in [3.8, 4) is 0 Å². The smallest absolute Gasteiger partial charge is 0.338 e. The van der Waals surface area contributed by atoms with Gasteiger partial charge in [0.05, 0.1) is 17.7 Å². The summed E-state index contributed by atoms with van der Waals surface area (Å²) in [4.78, 5) is 11.9. The highest BCUT2D eigenvalue weighted by Gasteiger charge is 2.15. The maximum Gasteiger partial charge on any atom is 0.338 e. The van der Waals surface area contributed by atoms with Gasteiger partial charge in [-0.1, -0.05) is 101 Å². The number of ether oxygens (including phenoxy) is 1. The summed E-state index contributed by atoms with van der Waals surface area (Å²) in [5, 5.41) is 10.1. The lowest BCUT2D eigenvalue weighted by Gasteiger charge is -2.15. The van der Waals surface area contributed by atoms with Crippen LogP contribution in [-0.2, 0) is 4.74 Å². The Balaban J connectivity index is 1.99. The van der Waals surface area contributed by atoms with E-state index >= 15 is 0 Å². The summed E-state index contributed by atoms with van der Waals surface area (Å²) in [6, 6.07) is 8.17. The van der Waals surface area contributed by atoms with Crippen LogP contribution in [0.1, 0.15) is 94.3 Å². The summed E-state index contributed by atoms with van der Waals surface area (Å²) < 4.78 is 5.17. The number of esters is 1. The third-order valence-corrected chi connectivity index (χ3v) is 5.16. The zero-order valence-corrected chi connectivity index (χ0v) is 18.2. The molecule has 4 nitrogen and oxygen atoms in total. The molecule has 1 rings (SSSR count). The number of benzene rings is 1. The van der Waals surface area contributed by atoms with Crippen LogP contribution in [0.25, 0.3) is 0 Å². The topological polar surface area (TPSA) is 72.6 Å². The van der Waals surface area contributed by atoms with Gasteiger partial charge in [-0.05, 0) is 25.0 Å². The van der Waals surface area contributed by atoms with E-state index in [1.165, 1.54) is 64.2 Å². The molecule has 0 bridgehead atoms. The average molecular weight is 404 g/mol. The summed E-state index contributed by atoms with van der Waals surface area (Å²) in [5.41, 5.74) is 6.40. The number of hydrogen-bond acceptors (Lipinski definition) is 4. The fraction of sp³-hybridized carbons (Fsp3) is 0.640. The fourth-order valence-corrected chi connectivity index (χ4v) is 3.23. The van der Waals surface area contributed by atoms with Gasteiger partial charge in [0.15, 0.2) is 0 Å². The van der Waals surface area contributed by atoms with Crippen LogP contribution in [0, 0.1) is 0 Å². The zero-order valence-electron chi connectivity index (χ0n) is 18.2. The van der Waals surface area contributed by atoms with Crippen molar-refractivity contribution >= 4 is 5.97 Å². The van der Waals surface area contributed by atoms with E-state index in [0.717, 1.165) is 12.8 Å². The lowest BCUT2D eigenvalue weighted by molar-refractivity contribution is 0.0418. The molecule has 164 valence electrons. The van der Waals surface area contributed by atoms with Crippen molar-refractivity contribution in [2.75, 3.05) is 6.61 Å². The van der Waals surface area contributed by atoms with Crippen molar-refractivity contribution in [3.05, 3.63) is 48.0 Å². The van der Waals surface area contributed by atoms with Crippen molar-refractivity contribution in [3.63, 3.8) is 0 Å². The number of carbonyl (C=O) groups is 1. The lowest BCUT2D eigenvalue weighted by Crippen LogP contribution is -2.38. The molecule has 0 fully saturated rings. The molecular weight excluding hydrogens is 362 g/mol. The van der Waals surface area contributed by atoms with Crippen LogP contribution >= 0.6 is 0 Å². The summed E-state index contributed by atoms with van der Waals surface area (Å²) in [6.07, 6.45) is 18.5. The van der Waals surface area contributed by atoms with Gasteiger partial charge in [-0.3, -0.25) is 0 Å². The first-order valence-electron chi connectivity index (χ1n) is 11.5. The third kappa shape index (κ3) is 13.2. The Morgan fingerprint density at radius 2 is 1.52 bits per heavy atom. The molecule has 0 aromatic heterocycles. The van der Waals surface area contributed by atoms with Crippen LogP contribution in [0.15, 0.2) is 42.5 Å².